The van der Waals surface area contributed by atoms with Gasteiger partial charge in [0.25, 0.3) is 0 Å². The lowest BCUT2D eigenvalue weighted by Gasteiger charge is -2.16. The SMILES string of the molecule is COc1ccc(Cn2c(NCc3cccnc3N)nc(=O)n(Cc3ccc4occc4c3)c2=O)cc1. The number of nitrogens with two attached hydrogens (primary N) is 1. The van der Waals surface area contributed by atoms with Gasteiger partial charge in [-0.05, 0) is 47.5 Å². The minimum absolute atomic E-state index is 0.0736. The minimum Gasteiger partial charge on any atom is -0.497 e. The van der Waals surface area contributed by atoms with Crippen LogP contribution in [0.2, 0.25) is 0 Å². The normalized spacial score (nSPS) is 11.0. The van der Waals surface area contributed by atoms with Gasteiger partial charge in [0.2, 0.25) is 5.95 Å². The van der Waals surface area contributed by atoms with Crippen LogP contribution in [0.5, 0.6) is 5.75 Å². The van der Waals surface area contributed by atoms with Gasteiger partial charge in [0, 0.05) is 23.7 Å². The average Bonchev–Trinajstić information content (AvgIpc) is 3.36. The van der Waals surface area contributed by atoms with Crippen molar-refractivity contribution in [2.45, 2.75) is 19.6 Å². The zero-order valence-electron chi connectivity index (χ0n) is 19.5. The van der Waals surface area contributed by atoms with Crippen LogP contribution in [0, 0.1) is 0 Å². The summed E-state index contributed by atoms with van der Waals surface area (Å²) in [5, 5.41) is 3.98. The predicted octanol–water partition coefficient (Wildman–Crippen LogP) is 2.85. The van der Waals surface area contributed by atoms with Crippen molar-refractivity contribution in [1.82, 2.24) is 19.1 Å². The smallest absolute Gasteiger partial charge is 0.355 e. The maximum absolute atomic E-state index is 13.6. The monoisotopic (exact) mass is 484 g/mol. The number of anilines is 2. The van der Waals surface area contributed by atoms with E-state index in [0.29, 0.717) is 11.6 Å². The zero-order chi connectivity index (χ0) is 25.1. The Labute approximate surface area is 205 Å². The summed E-state index contributed by atoms with van der Waals surface area (Å²) in [7, 11) is 1.59. The molecule has 5 aromatic rings. The highest BCUT2D eigenvalue weighted by molar-refractivity contribution is 5.77. The fourth-order valence-electron chi connectivity index (χ4n) is 3.93. The number of hydrogen-bond donors (Lipinski definition) is 2. The molecule has 0 aliphatic heterocycles. The Morgan fingerprint density at radius 1 is 1.00 bits per heavy atom. The molecule has 10 heteroatoms. The summed E-state index contributed by atoms with van der Waals surface area (Å²) < 4.78 is 13.2. The van der Waals surface area contributed by atoms with Gasteiger partial charge in [-0.25, -0.2) is 19.1 Å². The Morgan fingerprint density at radius 2 is 1.78 bits per heavy atom. The third kappa shape index (κ3) is 4.69. The van der Waals surface area contributed by atoms with E-state index >= 15 is 0 Å². The molecule has 36 heavy (non-hydrogen) atoms. The maximum Gasteiger partial charge on any atom is 0.355 e. The largest absolute Gasteiger partial charge is 0.497 e. The second-order valence-corrected chi connectivity index (χ2v) is 8.22. The molecule has 0 fully saturated rings. The van der Waals surface area contributed by atoms with E-state index in [9.17, 15) is 9.59 Å². The first-order chi connectivity index (χ1) is 17.5. The fourth-order valence-corrected chi connectivity index (χ4v) is 3.93. The van der Waals surface area contributed by atoms with Crippen LogP contribution < -0.4 is 27.2 Å². The molecule has 0 saturated carbocycles. The van der Waals surface area contributed by atoms with Crippen molar-refractivity contribution in [3.63, 3.8) is 0 Å². The Kier molecular flexibility index (Phi) is 6.23. The lowest BCUT2D eigenvalue weighted by Crippen LogP contribution is -2.43. The Hall–Kier alpha value is -4.86. The van der Waals surface area contributed by atoms with Crippen LogP contribution in [0.3, 0.4) is 0 Å². The summed E-state index contributed by atoms with van der Waals surface area (Å²) in [5.41, 5.74) is 7.89. The molecule has 0 unspecified atom stereocenters. The molecule has 3 aromatic heterocycles. The van der Waals surface area contributed by atoms with Gasteiger partial charge >= 0.3 is 11.4 Å². The summed E-state index contributed by atoms with van der Waals surface area (Å²) in [5.74, 6) is 1.21. The third-order valence-electron chi connectivity index (χ3n) is 5.87. The van der Waals surface area contributed by atoms with Crippen molar-refractivity contribution in [1.29, 1.82) is 0 Å². The molecular formula is C26H24N6O4. The highest BCUT2D eigenvalue weighted by Crippen LogP contribution is 2.18. The van der Waals surface area contributed by atoms with Gasteiger partial charge < -0.3 is 20.2 Å². The average molecular weight is 485 g/mol. The number of pyridine rings is 1. The Bertz CT molecular complexity index is 1640. The fraction of sp³-hybridized carbons (Fsp3) is 0.154. The first-order valence-corrected chi connectivity index (χ1v) is 11.3. The summed E-state index contributed by atoms with van der Waals surface area (Å²) in [4.78, 5) is 34.9. The van der Waals surface area contributed by atoms with E-state index in [1.807, 2.05) is 54.6 Å². The summed E-state index contributed by atoms with van der Waals surface area (Å²) in [6.07, 6.45) is 3.19. The van der Waals surface area contributed by atoms with Crippen LogP contribution in [-0.4, -0.2) is 26.2 Å². The summed E-state index contributed by atoms with van der Waals surface area (Å²) in [6.45, 7) is 0.515. The molecule has 0 saturated heterocycles. The topological polar surface area (TPSA) is 130 Å². The van der Waals surface area contributed by atoms with E-state index < -0.39 is 11.4 Å². The van der Waals surface area contributed by atoms with Crippen molar-refractivity contribution >= 4 is 22.7 Å². The standard InChI is InChI=1S/C26H24N6O4/c1-35-21-7-4-17(5-8-21)15-31-24(29-14-20-3-2-11-28-23(20)27)30-25(33)32(26(31)34)16-18-6-9-22-19(13-18)10-12-36-22/h2-13H,14-16H2,1H3,(H2,27,28)(H,29,30,33). The second kappa shape index (κ2) is 9.79. The number of methoxy groups -OCH3 is 1. The molecule has 2 aromatic carbocycles. The van der Waals surface area contributed by atoms with Crippen LogP contribution in [0.4, 0.5) is 11.8 Å². The van der Waals surface area contributed by atoms with Gasteiger partial charge in [0.1, 0.15) is 17.2 Å². The number of nitrogens with one attached hydrogen (secondary N) is 1. The Morgan fingerprint density at radius 3 is 2.56 bits per heavy atom. The zero-order valence-corrected chi connectivity index (χ0v) is 19.5. The molecule has 0 bridgehead atoms. The number of nitrogens with zero attached hydrogens (tertiary/aromatic N) is 4. The third-order valence-corrected chi connectivity index (χ3v) is 5.87. The number of benzene rings is 2. The highest BCUT2D eigenvalue weighted by Gasteiger charge is 2.15. The first-order valence-electron chi connectivity index (χ1n) is 11.3. The second-order valence-electron chi connectivity index (χ2n) is 8.22. The first kappa shape index (κ1) is 22.9. The van der Waals surface area contributed by atoms with Crippen LogP contribution in [0.1, 0.15) is 16.7 Å². The van der Waals surface area contributed by atoms with Crippen molar-refractivity contribution in [2.24, 2.45) is 0 Å². The number of rotatable bonds is 8. The predicted molar refractivity (Wildman–Crippen MR) is 136 cm³/mol. The van der Waals surface area contributed by atoms with Crippen LogP contribution in [0.25, 0.3) is 11.0 Å². The maximum atomic E-state index is 13.6. The van der Waals surface area contributed by atoms with Gasteiger partial charge in [0.05, 0.1) is 26.5 Å². The van der Waals surface area contributed by atoms with E-state index in [-0.39, 0.29) is 25.6 Å². The molecular weight excluding hydrogens is 460 g/mol. The number of fused-ring (bicyclic) bond motifs is 1. The molecule has 0 aliphatic carbocycles. The lowest BCUT2D eigenvalue weighted by atomic mass is 10.1. The van der Waals surface area contributed by atoms with Crippen LogP contribution >= 0.6 is 0 Å². The molecule has 0 spiro atoms. The minimum atomic E-state index is -0.653. The van der Waals surface area contributed by atoms with Crippen molar-refractivity contribution in [3.05, 3.63) is 111 Å². The van der Waals surface area contributed by atoms with E-state index in [4.69, 9.17) is 14.9 Å². The van der Waals surface area contributed by atoms with Crippen LogP contribution in [-0.2, 0) is 19.6 Å². The molecule has 0 atom stereocenters. The van der Waals surface area contributed by atoms with Gasteiger partial charge in [-0.1, -0.05) is 24.3 Å². The quantitative estimate of drug-likeness (QED) is 0.344. The summed E-state index contributed by atoms with van der Waals surface area (Å²) >= 11 is 0. The number of aromatic nitrogens is 4. The number of hydrogen-bond acceptors (Lipinski definition) is 8. The molecule has 0 aliphatic rings. The van der Waals surface area contributed by atoms with E-state index in [2.05, 4.69) is 15.3 Å². The highest BCUT2D eigenvalue weighted by atomic mass is 16.5. The van der Waals surface area contributed by atoms with Gasteiger partial charge in [-0.15, -0.1) is 0 Å². The van der Waals surface area contributed by atoms with Crippen molar-refractivity contribution < 1.29 is 9.15 Å². The molecule has 5 rings (SSSR count). The number of furan rings is 1. The van der Waals surface area contributed by atoms with Gasteiger partial charge in [-0.2, -0.15) is 4.98 Å². The van der Waals surface area contributed by atoms with E-state index in [0.717, 1.165) is 32.2 Å². The lowest BCUT2D eigenvalue weighted by molar-refractivity contribution is 0.414. The molecule has 0 amide bonds. The molecule has 182 valence electrons. The van der Waals surface area contributed by atoms with E-state index in [1.165, 1.54) is 4.57 Å². The molecule has 0 radical (unpaired) electrons. The molecule has 3 N–H and O–H groups in total. The van der Waals surface area contributed by atoms with Crippen molar-refractivity contribution in [2.75, 3.05) is 18.2 Å². The number of ether oxygens (including phenoxy) is 1. The number of nitrogen functional groups attached to an aromatic ring is 1. The molecule has 10 nitrogen and oxygen atoms in total. The molecule has 3 heterocycles. The summed E-state index contributed by atoms with van der Waals surface area (Å²) in [6, 6.07) is 18.3. The Balaban J connectivity index is 1.53. The van der Waals surface area contributed by atoms with Crippen molar-refractivity contribution in [3.8, 4) is 5.75 Å². The van der Waals surface area contributed by atoms with E-state index in [1.54, 1.807) is 25.6 Å². The van der Waals surface area contributed by atoms with Crippen LogP contribution in [0.15, 0.2) is 87.1 Å². The van der Waals surface area contributed by atoms with Gasteiger partial charge in [0.15, 0.2) is 0 Å². The van der Waals surface area contributed by atoms with Gasteiger partial charge in [-0.3, -0.25) is 4.57 Å².